The number of rotatable bonds is 2. The molecule has 0 radical (unpaired) electrons. The van der Waals surface area contributed by atoms with E-state index < -0.39 is 0 Å². The van der Waals surface area contributed by atoms with Gasteiger partial charge in [-0.15, -0.1) is 0 Å². The van der Waals surface area contributed by atoms with Crippen molar-refractivity contribution < 1.29 is 4.39 Å². The summed E-state index contributed by atoms with van der Waals surface area (Å²) in [4.78, 5) is 3.49. The van der Waals surface area contributed by atoms with E-state index >= 15 is 0 Å². The molecule has 0 aliphatic rings. The fourth-order valence-electron chi connectivity index (χ4n) is 0.371. The van der Waals surface area contributed by atoms with Gasteiger partial charge in [-0.05, 0) is 12.5 Å². The van der Waals surface area contributed by atoms with Gasteiger partial charge in [-0.2, -0.15) is 0 Å². The summed E-state index contributed by atoms with van der Waals surface area (Å²) in [6.45, 7) is 1.88. The molecule has 8 heavy (non-hydrogen) atoms. The third-order valence-corrected chi connectivity index (χ3v) is 0.652. The Morgan fingerprint density at radius 1 is 1.75 bits per heavy atom. The number of hydrogen-bond donors (Lipinski definition) is 0. The van der Waals surface area contributed by atoms with Crippen molar-refractivity contribution in [1.82, 2.24) is 0 Å². The highest BCUT2D eigenvalue weighted by molar-refractivity contribution is 5.75. The topological polar surface area (TPSA) is 12.4 Å². The Kier molecular flexibility index (Phi) is 4.13. The Hall–Kier alpha value is -0.660. The van der Waals surface area contributed by atoms with Crippen LogP contribution in [0.25, 0.3) is 0 Å². The van der Waals surface area contributed by atoms with E-state index in [-0.39, 0.29) is 5.83 Å². The fraction of sp³-hybridized carbons (Fsp3) is 0.500. The molecular weight excluding hydrogens is 105 g/mol. The molecule has 0 heterocycles. The first-order chi connectivity index (χ1) is 3.81. The van der Waals surface area contributed by atoms with Crippen molar-refractivity contribution in [2.45, 2.75) is 13.3 Å². The minimum Gasteiger partial charge on any atom is -0.293 e. The predicted molar refractivity (Wildman–Crippen MR) is 33.9 cm³/mol. The molecule has 46 valence electrons. The fourth-order valence-corrected chi connectivity index (χ4v) is 0.371. The van der Waals surface area contributed by atoms with Gasteiger partial charge in [-0.3, -0.25) is 4.99 Å². The summed E-state index contributed by atoms with van der Waals surface area (Å²) in [5.41, 5.74) is 0. The first-order valence-electron chi connectivity index (χ1n) is 2.59. The first kappa shape index (κ1) is 7.34. The molecule has 2 heteroatoms. The molecule has 0 N–H and O–H groups in total. The SMILES string of the molecule is CC/C=C(/F)C=NC. The molecule has 0 saturated heterocycles. The number of hydrogen-bond acceptors (Lipinski definition) is 1. The number of nitrogens with zero attached hydrogens (tertiary/aromatic N) is 1. The lowest BCUT2D eigenvalue weighted by Gasteiger charge is -1.80. The number of halogens is 1. The maximum Gasteiger partial charge on any atom is 0.136 e. The highest BCUT2D eigenvalue weighted by Crippen LogP contribution is 1.92. The lowest BCUT2D eigenvalue weighted by atomic mass is 10.4. The highest BCUT2D eigenvalue weighted by atomic mass is 19.1. The molecule has 0 spiro atoms. The van der Waals surface area contributed by atoms with Gasteiger partial charge < -0.3 is 0 Å². The summed E-state index contributed by atoms with van der Waals surface area (Å²) in [5.74, 6) is -0.255. The Morgan fingerprint density at radius 3 is 2.75 bits per heavy atom. The van der Waals surface area contributed by atoms with E-state index in [4.69, 9.17) is 0 Å². The zero-order valence-corrected chi connectivity index (χ0v) is 5.19. The average molecular weight is 115 g/mol. The standard InChI is InChI=1S/C6H10FN/c1-3-4-6(7)5-8-2/h4-5H,3H2,1-2H3/b6-4+,8-5?. The lowest BCUT2D eigenvalue weighted by molar-refractivity contribution is 0.680. The zero-order valence-electron chi connectivity index (χ0n) is 5.19. The molecule has 0 aromatic heterocycles. The molecular formula is C6H10FN. The smallest absolute Gasteiger partial charge is 0.136 e. The monoisotopic (exact) mass is 115 g/mol. The highest BCUT2D eigenvalue weighted by Gasteiger charge is 1.81. The normalized spacial score (nSPS) is 13.1. The quantitative estimate of drug-likeness (QED) is 0.488. The van der Waals surface area contributed by atoms with Crippen LogP contribution < -0.4 is 0 Å². The van der Waals surface area contributed by atoms with E-state index in [1.165, 1.54) is 12.3 Å². The van der Waals surface area contributed by atoms with E-state index in [1.807, 2.05) is 6.92 Å². The van der Waals surface area contributed by atoms with Crippen molar-refractivity contribution in [3.8, 4) is 0 Å². The van der Waals surface area contributed by atoms with Crippen molar-refractivity contribution in [3.63, 3.8) is 0 Å². The molecule has 0 atom stereocenters. The van der Waals surface area contributed by atoms with Gasteiger partial charge in [-0.25, -0.2) is 4.39 Å². The second-order valence-corrected chi connectivity index (χ2v) is 1.38. The Labute approximate surface area is 48.9 Å². The lowest BCUT2D eigenvalue weighted by Crippen LogP contribution is -1.72. The van der Waals surface area contributed by atoms with Crippen molar-refractivity contribution in [2.24, 2.45) is 4.99 Å². The minimum absolute atomic E-state index is 0.255. The molecule has 0 aliphatic carbocycles. The molecule has 0 saturated carbocycles. The van der Waals surface area contributed by atoms with Crippen LogP contribution in [-0.4, -0.2) is 13.3 Å². The maximum atomic E-state index is 12.1. The van der Waals surface area contributed by atoms with Gasteiger partial charge in [0.15, 0.2) is 0 Å². The van der Waals surface area contributed by atoms with Gasteiger partial charge in [0, 0.05) is 7.05 Å². The summed E-state index contributed by atoms with van der Waals surface area (Å²) in [6, 6.07) is 0. The third kappa shape index (κ3) is 3.53. The zero-order chi connectivity index (χ0) is 6.41. The summed E-state index contributed by atoms with van der Waals surface area (Å²) < 4.78 is 12.1. The summed E-state index contributed by atoms with van der Waals surface area (Å²) in [7, 11) is 1.54. The van der Waals surface area contributed by atoms with Gasteiger partial charge in [0.2, 0.25) is 0 Å². The molecule has 1 nitrogen and oxygen atoms in total. The van der Waals surface area contributed by atoms with E-state index in [2.05, 4.69) is 4.99 Å². The second-order valence-electron chi connectivity index (χ2n) is 1.38. The molecule has 0 amide bonds. The van der Waals surface area contributed by atoms with Gasteiger partial charge in [-0.1, -0.05) is 6.92 Å². The molecule has 0 aliphatic heterocycles. The largest absolute Gasteiger partial charge is 0.293 e. The van der Waals surface area contributed by atoms with E-state index in [0.29, 0.717) is 0 Å². The van der Waals surface area contributed by atoms with E-state index in [9.17, 15) is 4.39 Å². The summed E-state index contributed by atoms with van der Waals surface area (Å²) in [6.07, 6.45) is 3.40. The van der Waals surface area contributed by atoms with Crippen LogP contribution in [0.1, 0.15) is 13.3 Å². The van der Waals surface area contributed by atoms with E-state index in [1.54, 1.807) is 7.05 Å². The molecule has 0 rings (SSSR count). The Morgan fingerprint density at radius 2 is 2.38 bits per heavy atom. The van der Waals surface area contributed by atoms with Gasteiger partial charge >= 0.3 is 0 Å². The number of aliphatic imine (C=N–C) groups is 1. The van der Waals surface area contributed by atoms with Crippen LogP contribution in [0.5, 0.6) is 0 Å². The Bertz CT molecular complexity index is 105. The van der Waals surface area contributed by atoms with Crippen LogP contribution in [-0.2, 0) is 0 Å². The van der Waals surface area contributed by atoms with Gasteiger partial charge in [0.05, 0.1) is 6.21 Å². The van der Waals surface area contributed by atoms with Crippen molar-refractivity contribution in [2.75, 3.05) is 7.05 Å². The molecule has 0 aromatic rings. The Balaban J connectivity index is 3.61. The summed E-state index contributed by atoms with van der Waals surface area (Å²) >= 11 is 0. The van der Waals surface area contributed by atoms with Crippen LogP contribution in [0, 0.1) is 0 Å². The van der Waals surface area contributed by atoms with Crippen LogP contribution in [0.4, 0.5) is 4.39 Å². The predicted octanol–water partition coefficient (Wildman–Crippen LogP) is 1.95. The number of allylic oxidation sites excluding steroid dienone is 2. The second kappa shape index (κ2) is 4.50. The first-order valence-corrected chi connectivity index (χ1v) is 2.59. The summed E-state index contributed by atoms with van der Waals surface area (Å²) in [5, 5.41) is 0. The van der Waals surface area contributed by atoms with E-state index in [0.717, 1.165) is 6.42 Å². The van der Waals surface area contributed by atoms with Crippen LogP contribution in [0.2, 0.25) is 0 Å². The van der Waals surface area contributed by atoms with Crippen LogP contribution in [0.15, 0.2) is 16.9 Å². The average Bonchev–Trinajstić information content (AvgIpc) is 1.68. The van der Waals surface area contributed by atoms with Crippen LogP contribution in [0.3, 0.4) is 0 Å². The van der Waals surface area contributed by atoms with Gasteiger partial charge in [0.1, 0.15) is 5.83 Å². The van der Waals surface area contributed by atoms with Crippen molar-refractivity contribution >= 4 is 6.21 Å². The molecule has 0 unspecified atom stereocenters. The minimum atomic E-state index is -0.255. The van der Waals surface area contributed by atoms with Crippen molar-refractivity contribution in [1.29, 1.82) is 0 Å². The third-order valence-electron chi connectivity index (χ3n) is 0.652. The van der Waals surface area contributed by atoms with Crippen molar-refractivity contribution in [3.05, 3.63) is 11.9 Å². The van der Waals surface area contributed by atoms with Gasteiger partial charge in [0.25, 0.3) is 0 Å². The maximum absolute atomic E-state index is 12.1. The molecule has 0 fully saturated rings. The molecule has 0 aromatic carbocycles. The van der Waals surface area contributed by atoms with Crippen LogP contribution >= 0.6 is 0 Å². The molecule has 0 bridgehead atoms.